The number of aromatic nitrogens is 5. The van der Waals surface area contributed by atoms with E-state index in [1.54, 1.807) is 9.36 Å². The maximum absolute atomic E-state index is 13.8. The lowest BCUT2D eigenvalue weighted by molar-refractivity contribution is -0.144. The van der Waals surface area contributed by atoms with Crippen molar-refractivity contribution in [3.8, 4) is 5.88 Å². The molecule has 11 heteroatoms. The quantitative estimate of drug-likeness (QED) is 0.643. The normalized spacial score (nSPS) is 23.4. The molecular weight excluding hydrogens is 438 g/mol. The van der Waals surface area contributed by atoms with Crippen LogP contribution >= 0.6 is 0 Å². The summed E-state index contributed by atoms with van der Waals surface area (Å²) in [6, 6.07) is 0.432. The Labute approximate surface area is 198 Å². The van der Waals surface area contributed by atoms with Gasteiger partial charge in [0.05, 0.1) is 30.6 Å². The largest absolute Gasteiger partial charge is 0.478 e. The minimum Gasteiger partial charge on any atom is -0.478 e. The third-order valence-electron chi connectivity index (χ3n) is 6.71. The zero-order valence-corrected chi connectivity index (χ0v) is 20.0. The predicted octanol–water partition coefficient (Wildman–Crippen LogP) is 1.000. The summed E-state index contributed by atoms with van der Waals surface area (Å²) in [5.74, 6) is 0.592. The van der Waals surface area contributed by atoms with Gasteiger partial charge < -0.3 is 20.1 Å². The standard InChI is InChI=1S/C23H33N7O4/c1-23(2,3)20(30-13-17(25-27-30)14-5-6-14)22(33)28-12-16(31)10-18(28)21(32)24-11-15-9-19-29(26-15)7-4-8-34-19/h9,13-14,16,18,20,31H,4-8,10-12H2,1-3H3,(H,24,32)/t16?,18?,20-/m1/s1. The molecule has 5 rings (SSSR count). The van der Waals surface area contributed by atoms with Crippen molar-refractivity contribution in [2.45, 2.75) is 83.6 Å². The minimum absolute atomic E-state index is 0.111. The molecule has 11 nitrogen and oxygen atoms in total. The Balaban J connectivity index is 1.30. The number of nitrogens with zero attached hydrogens (tertiary/aromatic N) is 6. The van der Waals surface area contributed by atoms with Crippen molar-refractivity contribution in [2.24, 2.45) is 5.41 Å². The van der Waals surface area contributed by atoms with Crippen LogP contribution in [0.25, 0.3) is 0 Å². The molecule has 2 amide bonds. The molecule has 1 aliphatic carbocycles. The molecule has 2 unspecified atom stereocenters. The molecule has 34 heavy (non-hydrogen) atoms. The van der Waals surface area contributed by atoms with Gasteiger partial charge in [0, 0.05) is 44.1 Å². The molecule has 1 saturated carbocycles. The van der Waals surface area contributed by atoms with Gasteiger partial charge in [-0.15, -0.1) is 5.10 Å². The molecule has 0 radical (unpaired) electrons. The summed E-state index contributed by atoms with van der Waals surface area (Å²) in [5, 5.41) is 26.3. The van der Waals surface area contributed by atoms with Crippen LogP contribution in [0.15, 0.2) is 12.3 Å². The van der Waals surface area contributed by atoms with Crippen LogP contribution in [0.5, 0.6) is 5.88 Å². The van der Waals surface area contributed by atoms with Crippen LogP contribution in [-0.2, 0) is 22.7 Å². The second-order valence-corrected chi connectivity index (χ2v) is 10.7. The second-order valence-electron chi connectivity index (χ2n) is 10.7. The molecule has 2 aromatic heterocycles. The van der Waals surface area contributed by atoms with Crippen molar-refractivity contribution in [3.63, 3.8) is 0 Å². The van der Waals surface area contributed by atoms with Gasteiger partial charge in [-0.1, -0.05) is 26.0 Å². The number of likely N-dealkylation sites (tertiary alicyclic amines) is 1. The first-order chi connectivity index (χ1) is 16.2. The van der Waals surface area contributed by atoms with E-state index in [1.165, 1.54) is 4.90 Å². The summed E-state index contributed by atoms with van der Waals surface area (Å²) in [7, 11) is 0. The maximum atomic E-state index is 13.8. The predicted molar refractivity (Wildman–Crippen MR) is 121 cm³/mol. The van der Waals surface area contributed by atoms with Crippen molar-refractivity contribution < 1.29 is 19.4 Å². The Kier molecular flexibility index (Phi) is 5.83. The Hall–Kier alpha value is -2.95. The van der Waals surface area contributed by atoms with Crippen molar-refractivity contribution >= 4 is 11.8 Å². The molecule has 184 valence electrons. The summed E-state index contributed by atoms with van der Waals surface area (Å²) < 4.78 is 9.01. The number of hydrogen-bond donors (Lipinski definition) is 2. The monoisotopic (exact) mass is 471 g/mol. The van der Waals surface area contributed by atoms with Crippen molar-refractivity contribution in [1.82, 2.24) is 35.0 Å². The van der Waals surface area contributed by atoms with E-state index >= 15 is 0 Å². The highest BCUT2D eigenvalue weighted by Gasteiger charge is 2.45. The van der Waals surface area contributed by atoms with E-state index in [4.69, 9.17) is 4.74 Å². The van der Waals surface area contributed by atoms with Gasteiger partial charge in [-0.2, -0.15) is 5.10 Å². The Morgan fingerprint density at radius 1 is 1.32 bits per heavy atom. The van der Waals surface area contributed by atoms with Gasteiger partial charge in [0.1, 0.15) is 12.1 Å². The van der Waals surface area contributed by atoms with E-state index in [1.807, 2.05) is 33.0 Å². The number of aliphatic hydroxyl groups is 1. The fraction of sp³-hybridized carbons (Fsp3) is 0.696. The zero-order chi connectivity index (χ0) is 24.0. The summed E-state index contributed by atoms with van der Waals surface area (Å²) in [4.78, 5) is 28.4. The maximum Gasteiger partial charge on any atom is 0.248 e. The third kappa shape index (κ3) is 4.53. The Bertz CT molecular complexity index is 1040. The topological polar surface area (TPSA) is 127 Å². The van der Waals surface area contributed by atoms with Gasteiger partial charge in [-0.25, -0.2) is 9.36 Å². The lowest BCUT2D eigenvalue weighted by Crippen LogP contribution is -2.50. The number of aliphatic hydroxyl groups excluding tert-OH is 1. The number of nitrogens with one attached hydrogen (secondary N) is 1. The number of aryl methyl sites for hydroxylation is 1. The van der Waals surface area contributed by atoms with Crippen LogP contribution in [0.1, 0.15) is 69.8 Å². The highest BCUT2D eigenvalue weighted by atomic mass is 16.5. The van der Waals surface area contributed by atoms with Gasteiger partial charge in [0.25, 0.3) is 0 Å². The smallest absolute Gasteiger partial charge is 0.248 e. The number of β-amino-alcohol motifs (C(OH)–C–C–N with tert-alkyl or cyclic N) is 1. The van der Waals surface area contributed by atoms with Gasteiger partial charge >= 0.3 is 0 Å². The van der Waals surface area contributed by atoms with E-state index in [0.29, 0.717) is 24.1 Å². The molecule has 0 aromatic carbocycles. The molecule has 2 aliphatic heterocycles. The number of carbonyl (C=O) groups excluding carboxylic acids is 2. The van der Waals surface area contributed by atoms with Gasteiger partial charge in [-0.3, -0.25) is 9.59 Å². The van der Waals surface area contributed by atoms with Crippen LogP contribution in [0.4, 0.5) is 0 Å². The van der Waals surface area contributed by atoms with E-state index in [-0.39, 0.29) is 31.3 Å². The molecule has 0 spiro atoms. The highest BCUT2D eigenvalue weighted by molar-refractivity contribution is 5.90. The van der Waals surface area contributed by atoms with Crippen molar-refractivity contribution in [1.29, 1.82) is 0 Å². The van der Waals surface area contributed by atoms with E-state index in [0.717, 1.165) is 31.5 Å². The average molecular weight is 472 g/mol. The zero-order valence-electron chi connectivity index (χ0n) is 20.0. The van der Waals surface area contributed by atoms with Crippen LogP contribution < -0.4 is 10.1 Å². The lowest BCUT2D eigenvalue weighted by atomic mass is 9.85. The average Bonchev–Trinajstić information content (AvgIpc) is 3.18. The second kappa shape index (κ2) is 8.68. The van der Waals surface area contributed by atoms with E-state index < -0.39 is 23.6 Å². The molecule has 2 aromatic rings. The molecule has 1 saturated heterocycles. The molecule has 2 N–H and O–H groups in total. The summed E-state index contributed by atoms with van der Waals surface area (Å²) in [6.45, 7) is 7.71. The number of carbonyl (C=O) groups is 2. The molecule has 4 heterocycles. The van der Waals surface area contributed by atoms with Gasteiger partial charge in [0.2, 0.25) is 17.7 Å². The van der Waals surface area contributed by atoms with Crippen LogP contribution in [-0.4, -0.2) is 71.9 Å². The molecule has 3 aliphatic rings. The minimum atomic E-state index is -0.758. The molecule has 3 atom stereocenters. The molecule has 0 bridgehead atoms. The first-order valence-corrected chi connectivity index (χ1v) is 12.1. The summed E-state index contributed by atoms with van der Waals surface area (Å²) in [6.07, 6.45) is 4.39. The van der Waals surface area contributed by atoms with Crippen LogP contribution in [0.3, 0.4) is 0 Å². The van der Waals surface area contributed by atoms with Crippen LogP contribution in [0.2, 0.25) is 0 Å². The van der Waals surface area contributed by atoms with Gasteiger partial charge in [0.15, 0.2) is 0 Å². The Morgan fingerprint density at radius 3 is 2.82 bits per heavy atom. The summed E-state index contributed by atoms with van der Waals surface area (Å²) >= 11 is 0. The number of hydrogen-bond acceptors (Lipinski definition) is 7. The summed E-state index contributed by atoms with van der Waals surface area (Å²) in [5.41, 5.74) is 1.14. The molecular formula is C23H33N7O4. The lowest BCUT2D eigenvalue weighted by Gasteiger charge is -2.34. The van der Waals surface area contributed by atoms with Gasteiger partial charge in [-0.05, 0) is 18.3 Å². The van der Waals surface area contributed by atoms with Crippen molar-refractivity contribution in [3.05, 3.63) is 23.7 Å². The highest BCUT2D eigenvalue weighted by Crippen LogP contribution is 2.40. The third-order valence-corrected chi connectivity index (χ3v) is 6.71. The van der Waals surface area contributed by atoms with Crippen LogP contribution in [0, 0.1) is 5.41 Å². The van der Waals surface area contributed by atoms with E-state index in [9.17, 15) is 14.7 Å². The fourth-order valence-corrected chi connectivity index (χ4v) is 4.83. The first kappa shape index (κ1) is 22.8. The number of ether oxygens (including phenoxy) is 1. The number of rotatable bonds is 6. The SMILES string of the molecule is CC(C)(C)[C@@H](C(=O)N1CC(O)CC1C(=O)NCc1cc2n(n1)CCCO2)n1cc(C2CC2)nn1. The fourth-order valence-electron chi connectivity index (χ4n) is 4.83. The first-order valence-electron chi connectivity index (χ1n) is 12.1. The Morgan fingerprint density at radius 2 is 2.12 bits per heavy atom. The number of amides is 2. The molecule has 2 fully saturated rings. The number of fused-ring (bicyclic) bond motifs is 1. The van der Waals surface area contributed by atoms with Crippen molar-refractivity contribution in [2.75, 3.05) is 13.2 Å². The van der Waals surface area contributed by atoms with E-state index in [2.05, 4.69) is 20.7 Å².